The maximum absolute atomic E-state index is 12.7. The van der Waals surface area contributed by atoms with Gasteiger partial charge in [0.15, 0.2) is 0 Å². The standard InChI is InChI=1S/C62H98O4SSi2/c1-55(2,3)37-31-39(51(63)43(33-37)59(13,14)15)47-41(57(7,8)9)35-45(53(65-68(25,26)27)49(47)61(19,20)21)67-46-36-42(58(10,11)12)48(50(62(22,23)24)54(46)66-69(28,29)30)40-32-38(56(4,5)6)34-44(52(40)64)60(16,17)18/h31-36,63-64H,1-30H3. The highest BCUT2D eigenvalue weighted by Gasteiger charge is 2.40. The molecule has 0 radical (unpaired) electrons. The molecule has 0 fully saturated rings. The van der Waals surface area contributed by atoms with Gasteiger partial charge in [-0.05, 0) is 140 Å². The Morgan fingerprint density at radius 3 is 0.812 bits per heavy atom. The van der Waals surface area contributed by atoms with Crippen LogP contribution in [0.25, 0.3) is 22.3 Å². The van der Waals surface area contributed by atoms with Crippen LogP contribution < -0.4 is 8.85 Å². The molecule has 384 valence electrons. The highest BCUT2D eigenvalue weighted by atomic mass is 32.2. The summed E-state index contributed by atoms with van der Waals surface area (Å²) in [5, 5.41) is 25.5. The summed E-state index contributed by atoms with van der Waals surface area (Å²) in [7, 11) is -4.60. The summed E-state index contributed by atoms with van der Waals surface area (Å²) in [5.41, 5.74) is 10.3. The molecule has 0 aliphatic rings. The average Bonchev–Trinajstić information content (AvgIpc) is 3.07. The summed E-state index contributed by atoms with van der Waals surface area (Å²) in [4.78, 5) is 2.08. The van der Waals surface area contributed by atoms with E-state index in [1.165, 1.54) is 11.1 Å². The van der Waals surface area contributed by atoms with E-state index in [9.17, 15) is 10.2 Å². The van der Waals surface area contributed by atoms with Crippen LogP contribution in [-0.4, -0.2) is 26.8 Å². The van der Waals surface area contributed by atoms with E-state index in [1.807, 2.05) is 0 Å². The lowest BCUT2D eigenvalue weighted by molar-refractivity contribution is 0.444. The van der Waals surface area contributed by atoms with E-state index in [0.717, 1.165) is 76.9 Å². The Morgan fingerprint density at radius 1 is 0.348 bits per heavy atom. The van der Waals surface area contributed by atoms with E-state index >= 15 is 0 Å². The molecule has 4 aromatic carbocycles. The summed E-state index contributed by atoms with van der Waals surface area (Å²) in [6.07, 6.45) is 0. The highest BCUT2D eigenvalue weighted by Crippen LogP contribution is 2.58. The van der Waals surface area contributed by atoms with Crippen molar-refractivity contribution in [1.82, 2.24) is 0 Å². The van der Waals surface area contributed by atoms with Crippen LogP contribution in [-0.2, 0) is 43.3 Å². The lowest BCUT2D eigenvalue weighted by Gasteiger charge is -2.38. The van der Waals surface area contributed by atoms with Gasteiger partial charge in [-0.15, -0.1) is 0 Å². The molecule has 0 amide bonds. The smallest absolute Gasteiger partial charge is 0.242 e. The Bertz CT molecular complexity index is 2380. The SMILES string of the molecule is CC(C)(C)c1cc(-c2c(C(C)(C)C)cc(Sc3cc(C(C)(C)C)c(-c4cc(C(C)(C)C)cc(C(C)(C)C)c4O)c(C(C)(C)C)c3O[Si](C)(C)C)c(O[Si](C)(C)C)c2C(C)(C)C)c(O)c(C(C)(C)C)c1. The van der Waals surface area contributed by atoms with E-state index in [2.05, 4.69) is 242 Å². The molecule has 4 aromatic rings. The van der Waals surface area contributed by atoms with Gasteiger partial charge in [0.1, 0.15) is 23.0 Å². The van der Waals surface area contributed by atoms with Crippen molar-refractivity contribution in [1.29, 1.82) is 0 Å². The molecular weight excluding hydrogens is 897 g/mol. The Kier molecular flexibility index (Phi) is 15.6. The van der Waals surface area contributed by atoms with Crippen molar-refractivity contribution in [2.24, 2.45) is 0 Å². The van der Waals surface area contributed by atoms with E-state index in [0.29, 0.717) is 11.5 Å². The lowest BCUT2D eigenvalue weighted by atomic mass is 9.71. The zero-order valence-electron chi connectivity index (χ0n) is 49.6. The van der Waals surface area contributed by atoms with Crippen molar-refractivity contribution in [2.75, 3.05) is 0 Å². The maximum atomic E-state index is 12.7. The monoisotopic (exact) mass is 995 g/mol. The number of phenols is 2. The average molecular weight is 996 g/mol. The second kappa shape index (κ2) is 18.4. The van der Waals surface area contributed by atoms with E-state index in [1.54, 1.807) is 11.8 Å². The number of hydrogen-bond donors (Lipinski definition) is 2. The summed E-state index contributed by atoms with van der Waals surface area (Å²) in [6, 6.07) is 13.7. The predicted octanol–water partition coefficient (Wildman–Crippen LogP) is 19.4. The van der Waals surface area contributed by atoms with Crippen LogP contribution in [0.1, 0.15) is 211 Å². The fraction of sp³-hybridized carbons (Fsp3) is 0.613. The minimum absolute atomic E-state index is 0.159. The molecule has 4 nitrogen and oxygen atoms in total. The van der Waals surface area contributed by atoms with Crippen LogP contribution in [0.3, 0.4) is 0 Å². The second-order valence-corrected chi connectivity index (χ2v) is 40.3. The highest BCUT2D eigenvalue weighted by molar-refractivity contribution is 7.99. The molecule has 2 N–H and O–H groups in total. The third-order valence-corrected chi connectivity index (χ3v) is 15.4. The van der Waals surface area contributed by atoms with Gasteiger partial charge in [0.05, 0.1) is 9.79 Å². The number of rotatable bonds is 8. The van der Waals surface area contributed by atoms with Crippen molar-refractivity contribution in [3.8, 4) is 45.3 Å². The summed E-state index contributed by atoms with van der Waals surface area (Å²) >= 11 is 1.76. The van der Waals surface area contributed by atoms with E-state index in [-0.39, 0.29) is 32.5 Å². The lowest BCUT2D eigenvalue weighted by Crippen LogP contribution is -2.32. The minimum atomic E-state index is -2.30. The first-order valence-corrected chi connectivity index (χ1v) is 33.3. The quantitative estimate of drug-likeness (QED) is 0.172. The third kappa shape index (κ3) is 13.3. The molecular formula is C62H98O4SSi2. The van der Waals surface area contributed by atoms with Crippen LogP contribution in [0.15, 0.2) is 46.2 Å². The fourth-order valence-corrected chi connectivity index (χ4v) is 12.1. The largest absolute Gasteiger partial charge is 0.543 e. The number of phenolic OH excluding ortho intramolecular Hbond substituents is 2. The van der Waals surface area contributed by atoms with Crippen LogP contribution in [0, 0.1) is 0 Å². The summed E-state index contributed by atoms with van der Waals surface area (Å²) in [6.45, 7) is 68.0. The Balaban J connectivity index is 2.45. The third-order valence-electron chi connectivity index (χ3n) is 12.8. The van der Waals surface area contributed by atoms with Gasteiger partial charge < -0.3 is 19.1 Å². The van der Waals surface area contributed by atoms with Crippen LogP contribution in [0.5, 0.6) is 23.0 Å². The number of benzene rings is 4. The van der Waals surface area contributed by atoms with Gasteiger partial charge in [-0.1, -0.05) is 190 Å². The molecule has 0 spiro atoms. The van der Waals surface area contributed by atoms with E-state index in [4.69, 9.17) is 8.85 Å². The number of hydrogen-bond acceptors (Lipinski definition) is 5. The molecule has 0 aliphatic carbocycles. The molecule has 0 atom stereocenters. The summed E-state index contributed by atoms with van der Waals surface area (Å²) < 4.78 is 15.1. The minimum Gasteiger partial charge on any atom is -0.543 e. The predicted molar refractivity (Wildman–Crippen MR) is 309 cm³/mol. The van der Waals surface area contributed by atoms with Gasteiger partial charge in [0, 0.05) is 33.4 Å². The Morgan fingerprint density at radius 2 is 0.609 bits per heavy atom. The molecule has 0 unspecified atom stereocenters. The Hall–Kier alpha value is -3.14. The molecule has 0 aromatic heterocycles. The molecule has 0 aliphatic heterocycles. The molecule has 69 heavy (non-hydrogen) atoms. The van der Waals surface area contributed by atoms with Crippen LogP contribution in [0.2, 0.25) is 39.3 Å². The van der Waals surface area contributed by atoms with Gasteiger partial charge in [0.25, 0.3) is 0 Å². The van der Waals surface area contributed by atoms with Crippen LogP contribution >= 0.6 is 11.8 Å². The van der Waals surface area contributed by atoms with Gasteiger partial charge in [-0.2, -0.15) is 0 Å². The summed E-state index contributed by atoms with van der Waals surface area (Å²) in [5.74, 6) is 2.45. The van der Waals surface area contributed by atoms with Gasteiger partial charge in [-0.25, -0.2) is 0 Å². The molecule has 0 bridgehead atoms. The zero-order chi connectivity index (χ0) is 53.8. The van der Waals surface area contributed by atoms with Crippen molar-refractivity contribution in [2.45, 2.75) is 259 Å². The first kappa shape index (κ1) is 58.4. The fourth-order valence-electron chi connectivity index (χ4n) is 9.20. The van der Waals surface area contributed by atoms with Crippen molar-refractivity contribution < 1.29 is 19.1 Å². The molecule has 0 saturated heterocycles. The Labute approximate surface area is 429 Å². The molecule has 0 saturated carbocycles. The topological polar surface area (TPSA) is 58.9 Å². The van der Waals surface area contributed by atoms with Gasteiger partial charge >= 0.3 is 0 Å². The van der Waals surface area contributed by atoms with Crippen molar-refractivity contribution in [3.63, 3.8) is 0 Å². The zero-order valence-corrected chi connectivity index (χ0v) is 52.4. The molecule has 0 heterocycles. The number of aromatic hydroxyl groups is 2. The van der Waals surface area contributed by atoms with Crippen LogP contribution in [0.4, 0.5) is 0 Å². The van der Waals surface area contributed by atoms with Crippen molar-refractivity contribution in [3.05, 3.63) is 80.9 Å². The van der Waals surface area contributed by atoms with E-state index < -0.39 is 27.5 Å². The molecule has 4 rings (SSSR count). The van der Waals surface area contributed by atoms with Crippen molar-refractivity contribution >= 4 is 28.4 Å². The second-order valence-electron chi connectivity index (χ2n) is 30.4. The van der Waals surface area contributed by atoms with Gasteiger partial charge in [-0.3, -0.25) is 0 Å². The first-order valence-electron chi connectivity index (χ1n) is 25.6. The van der Waals surface area contributed by atoms with Gasteiger partial charge in [0.2, 0.25) is 16.6 Å². The maximum Gasteiger partial charge on any atom is 0.242 e. The first-order chi connectivity index (χ1) is 30.4. The molecule has 7 heteroatoms. The normalized spacial score (nSPS) is 14.1.